The van der Waals surface area contributed by atoms with Crippen molar-refractivity contribution in [2.75, 3.05) is 12.3 Å². The highest BCUT2D eigenvalue weighted by atomic mass is 32.2. The van der Waals surface area contributed by atoms with Crippen LogP contribution in [-0.4, -0.2) is 20.7 Å². The molecule has 0 bridgehead atoms. The van der Waals surface area contributed by atoms with Gasteiger partial charge in [0, 0.05) is 6.04 Å². The van der Waals surface area contributed by atoms with Crippen molar-refractivity contribution >= 4 is 9.84 Å². The lowest BCUT2D eigenvalue weighted by molar-refractivity contribution is 0.501. The molecule has 1 N–H and O–H groups in total. The summed E-state index contributed by atoms with van der Waals surface area (Å²) in [5, 5.41) is 3.39. The van der Waals surface area contributed by atoms with Gasteiger partial charge in [-0.3, -0.25) is 0 Å². The van der Waals surface area contributed by atoms with Gasteiger partial charge in [0.15, 0.2) is 9.84 Å². The third-order valence-electron chi connectivity index (χ3n) is 3.71. The van der Waals surface area contributed by atoms with Gasteiger partial charge in [-0.05, 0) is 35.6 Å². The highest BCUT2D eigenvalue weighted by Gasteiger charge is 2.31. The molecule has 19 heavy (non-hydrogen) atoms. The van der Waals surface area contributed by atoms with E-state index in [1.54, 1.807) is 6.07 Å². The first-order valence-electron chi connectivity index (χ1n) is 6.86. The van der Waals surface area contributed by atoms with Gasteiger partial charge in [-0.1, -0.05) is 39.8 Å². The molecule has 1 atom stereocenters. The van der Waals surface area contributed by atoms with E-state index >= 15 is 0 Å². The molecule has 0 saturated carbocycles. The fourth-order valence-corrected chi connectivity index (χ4v) is 4.17. The summed E-state index contributed by atoms with van der Waals surface area (Å²) in [7, 11) is -3.10. The maximum Gasteiger partial charge on any atom is 0.178 e. The second-order valence-corrected chi connectivity index (χ2v) is 8.30. The SMILES string of the molecule is CCNC1CCS(=O)(=O)c2ccc(C(C)(C)C)cc21. The lowest BCUT2D eigenvalue weighted by Gasteiger charge is -2.29. The summed E-state index contributed by atoms with van der Waals surface area (Å²) in [5.74, 6) is 0.243. The van der Waals surface area contributed by atoms with E-state index in [0.717, 1.165) is 12.1 Å². The molecule has 106 valence electrons. The van der Waals surface area contributed by atoms with Crippen LogP contribution in [-0.2, 0) is 15.3 Å². The lowest BCUT2D eigenvalue weighted by atomic mass is 9.85. The molecule has 0 aliphatic carbocycles. The molecular formula is C15H23NO2S. The summed E-state index contributed by atoms with van der Waals surface area (Å²) >= 11 is 0. The maximum atomic E-state index is 12.2. The average molecular weight is 281 g/mol. The first-order chi connectivity index (χ1) is 8.75. The molecule has 1 heterocycles. The van der Waals surface area contributed by atoms with E-state index in [4.69, 9.17) is 0 Å². The van der Waals surface area contributed by atoms with Crippen LogP contribution in [0.15, 0.2) is 23.1 Å². The van der Waals surface area contributed by atoms with Crippen molar-refractivity contribution in [3.63, 3.8) is 0 Å². The standard InChI is InChI=1S/C15H23NO2S/c1-5-16-13-8-9-19(17,18)14-7-6-11(10-12(13)14)15(2,3)4/h6-7,10,13,16H,5,8-9H2,1-4H3. The van der Waals surface area contributed by atoms with Crippen molar-refractivity contribution in [2.45, 2.75) is 50.5 Å². The molecule has 1 unspecified atom stereocenters. The zero-order valence-electron chi connectivity index (χ0n) is 12.2. The Morgan fingerprint density at radius 2 is 2.00 bits per heavy atom. The molecular weight excluding hydrogens is 258 g/mol. The van der Waals surface area contributed by atoms with Gasteiger partial charge in [-0.25, -0.2) is 8.42 Å². The molecule has 0 radical (unpaired) electrons. The van der Waals surface area contributed by atoms with Crippen LogP contribution in [0.4, 0.5) is 0 Å². The van der Waals surface area contributed by atoms with Gasteiger partial charge < -0.3 is 5.32 Å². The van der Waals surface area contributed by atoms with Gasteiger partial charge in [-0.15, -0.1) is 0 Å². The van der Waals surface area contributed by atoms with Gasteiger partial charge in [0.2, 0.25) is 0 Å². The Morgan fingerprint density at radius 1 is 1.32 bits per heavy atom. The molecule has 2 rings (SSSR count). The van der Waals surface area contributed by atoms with Crippen LogP contribution in [0.1, 0.15) is 51.3 Å². The van der Waals surface area contributed by atoms with E-state index in [-0.39, 0.29) is 17.2 Å². The van der Waals surface area contributed by atoms with Crippen molar-refractivity contribution in [2.24, 2.45) is 0 Å². The van der Waals surface area contributed by atoms with E-state index in [1.165, 1.54) is 5.56 Å². The maximum absolute atomic E-state index is 12.2. The highest BCUT2D eigenvalue weighted by molar-refractivity contribution is 7.91. The van der Waals surface area contributed by atoms with Crippen molar-refractivity contribution in [1.82, 2.24) is 5.32 Å². The molecule has 0 amide bonds. The normalized spacial score (nSPS) is 22.0. The molecule has 0 aromatic heterocycles. The topological polar surface area (TPSA) is 46.2 Å². The monoisotopic (exact) mass is 281 g/mol. The Kier molecular flexibility index (Phi) is 3.76. The number of hydrogen-bond donors (Lipinski definition) is 1. The predicted molar refractivity (Wildman–Crippen MR) is 78.2 cm³/mol. The second kappa shape index (κ2) is 4.91. The quantitative estimate of drug-likeness (QED) is 0.906. The molecule has 3 nitrogen and oxygen atoms in total. The van der Waals surface area contributed by atoms with Crippen LogP contribution in [0.3, 0.4) is 0 Å². The molecule has 0 fully saturated rings. The van der Waals surface area contributed by atoms with Crippen LogP contribution in [0.25, 0.3) is 0 Å². The van der Waals surface area contributed by atoms with Crippen LogP contribution >= 0.6 is 0 Å². The third kappa shape index (κ3) is 2.84. The van der Waals surface area contributed by atoms with Crippen LogP contribution in [0.2, 0.25) is 0 Å². The lowest BCUT2D eigenvalue weighted by Crippen LogP contribution is -2.30. The zero-order valence-corrected chi connectivity index (χ0v) is 13.0. The molecule has 4 heteroatoms. The van der Waals surface area contributed by atoms with E-state index in [1.807, 2.05) is 6.07 Å². The molecule has 1 aromatic carbocycles. The predicted octanol–water partition coefficient (Wildman–Crippen LogP) is 2.81. The van der Waals surface area contributed by atoms with Crippen molar-refractivity contribution in [3.8, 4) is 0 Å². The minimum absolute atomic E-state index is 0.0347. The Labute approximate surface area is 116 Å². The first-order valence-corrected chi connectivity index (χ1v) is 8.51. The highest BCUT2D eigenvalue weighted by Crippen LogP contribution is 2.35. The van der Waals surface area contributed by atoms with Gasteiger partial charge in [0.1, 0.15) is 0 Å². The first kappa shape index (κ1) is 14.5. The molecule has 1 aromatic rings. The molecule has 1 aliphatic rings. The zero-order chi connectivity index (χ0) is 14.3. The van der Waals surface area contributed by atoms with E-state index < -0.39 is 9.84 Å². The minimum atomic E-state index is -3.10. The number of rotatable bonds is 2. The summed E-state index contributed by atoms with van der Waals surface area (Å²) in [5.41, 5.74) is 2.17. The number of hydrogen-bond acceptors (Lipinski definition) is 3. The second-order valence-electron chi connectivity index (χ2n) is 6.22. The van der Waals surface area contributed by atoms with Gasteiger partial charge in [-0.2, -0.15) is 0 Å². The smallest absolute Gasteiger partial charge is 0.178 e. The fourth-order valence-electron chi connectivity index (χ4n) is 2.57. The van der Waals surface area contributed by atoms with Crippen molar-refractivity contribution in [3.05, 3.63) is 29.3 Å². The number of sulfone groups is 1. The van der Waals surface area contributed by atoms with Crippen LogP contribution in [0.5, 0.6) is 0 Å². The third-order valence-corrected chi connectivity index (χ3v) is 5.53. The number of benzene rings is 1. The summed E-state index contributed by atoms with van der Waals surface area (Å²) < 4.78 is 24.3. The largest absolute Gasteiger partial charge is 0.310 e. The Hall–Kier alpha value is -0.870. The van der Waals surface area contributed by atoms with E-state index in [9.17, 15) is 8.42 Å². The van der Waals surface area contributed by atoms with E-state index in [0.29, 0.717) is 11.3 Å². The minimum Gasteiger partial charge on any atom is -0.310 e. The number of nitrogens with one attached hydrogen (secondary N) is 1. The Bertz CT molecular complexity index is 570. The van der Waals surface area contributed by atoms with Gasteiger partial charge in [0.05, 0.1) is 10.6 Å². The Morgan fingerprint density at radius 3 is 2.58 bits per heavy atom. The van der Waals surface area contributed by atoms with Crippen molar-refractivity contribution < 1.29 is 8.42 Å². The summed E-state index contributed by atoms with van der Waals surface area (Å²) in [6.45, 7) is 9.34. The summed E-state index contributed by atoms with van der Waals surface area (Å²) in [6, 6.07) is 5.96. The molecule has 0 saturated heterocycles. The van der Waals surface area contributed by atoms with E-state index in [2.05, 4.69) is 39.1 Å². The number of fused-ring (bicyclic) bond motifs is 1. The van der Waals surface area contributed by atoms with Gasteiger partial charge in [0.25, 0.3) is 0 Å². The summed E-state index contributed by atoms with van der Waals surface area (Å²) in [4.78, 5) is 0.512. The molecule has 1 aliphatic heterocycles. The Balaban J connectivity index is 2.57. The molecule has 0 spiro atoms. The van der Waals surface area contributed by atoms with Crippen LogP contribution < -0.4 is 5.32 Å². The van der Waals surface area contributed by atoms with Crippen molar-refractivity contribution in [1.29, 1.82) is 0 Å². The van der Waals surface area contributed by atoms with Gasteiger partial charge >= 0.3 is 0 Å². The fraction of sp³-hybridized carbons (Fsp3) is 0.600. The summed E-state index contributed by atoms with van der Waals surface area (Å²) in [6.07, 6.45) is 0.663. The average Bonchev–Trinajstić information content (AvgIpc) is 2.31. The van der Waals surface area contributed by atoms with Crippen LogP contribution in [0, 0.1) is 0 Å².